The first kappa shape index (κ1) is 22.0. The van der Waals surface area contributed by atoms with Crippen LogP contribution in [-0.2, 0) is 6.54 Å². The van der Waals surface area contributed by atoms with Gasteiger partial charge in [0, 0.05) is 22.0 Å². The van der Waals surface area contributed by atoms with Crippen LogP contribution in [0.25, 0.3) is 31.6 Å². The maximum absolute atomic E-state index is 13.3. The van der Waals surface area contributed by atoms with Crippen LogP contribution >= 0.6 is 11.3 Å². The van der Waals surface area contributed by atoms with Gasteiger partial charge in [-0.1, -0.05) is 12.1 Å². The molecule has 5 aromatic rings. The predicted octanol–water partition coefficient (Wildman–Crippen LogP) is 5.66. The van der Waals surface area contributed by atoms with Crippen LogP contribution < -0.4 is 10.3 Å². The minimum absolute atomic E-state index is 0.119. The average molecular weight is 489 g/mol. The van der Waals surface area contributed by atoms with Crippen molar-refractivity contribution in [3.8, 4) is 16.2 Å². The van der Waals surface area contributed by atoms with E-state index < -0.39 is 0 Å². The van der Waals surface area contributed by atoms with E-state index in [2.05, 4.69) is 33.2 Å². The van der Waals surface area contributed by atoms with Crippen LogP contribution in [0.1, 0.15) is 30.1 Å². The molecular weight excluding hydrogens is 463 g/mol. The summed E-state index contributed by atoms with van der Waals surface area (Å²) < 4.78 is 19.3. The highest BCUT2D eigenvalue weighted by atomic mass is 32.1. The zero-order valence-corrected chi connectivity index (χ0v) is 20.1. The summed E-state index contributed by atoms with van der Waals surface area (Å²) in [5.74, 6) is 1.76. The SMILES string of the molecule is COc1ccc2[nH]cc(C3CCN(Cc4nc5cc(-c6ccc(F)cc6)sc5c(=O)[nH]4)CC3)c2c1. The van der Waals surface area contributed by atoms with Crippen molar-refractivity contribution in [1.82, 2.24) is 19.9 Å². The molecule has 0 unspecified atom stereocenters. The van der Waals surface area contributed by atoms with Crippen molar-refractivity contribution in [3.05, 3.63) is 82.3 Å². The maximum Gasteiger partial charge on any atom is 0.268 e. The molecule has 1 saturated heterocycles. The van der Waals surface area contributed by atoms with E-state index in [1.807, 2.05) is 12.1 Å². The molecule has 35 heavy (non-hydrogen) atoms. The van der Waals surface area contributed by atoms with Crippen molar-refractivity contribution >= 4 is 32.5 Å². The number of piperidine rings is 1. The van der Waals surface area contributed by atoms with Crippen molar-refractivity contribution in [3.63, 3.8) is 0 Å². The monoisotopic (exact) mass is 488 g/mol. The fraction of sp³-hybridized carbons (Fsp3) is 0.259. The third-order valence-corrected chi connectivity index (χ3v) is 8.05. The molecule has 0 aliphatic carbocycles. The van der Waals surface area contributed by atoms with E-state index in [9.17, 15) is 9.18 Å². The normalized spacial score (nSPS) is 15.3. The molecule has 1 aliphatic rings. The van der Waals surface area contributed by atoms with E-state index in [1.165, 1.54) is 34.4 Å². The van der Waals surface area contributed by atoms with Gasteiger partial charge in [-0.05, 0) is 79.4 Å². The minimum atomic E-state index is -0.277. The molecule has 178 valence electrons. The first-order chi connectivity index (χ1) is 17.1. The van der Waals surface area contributed by atoms with Gasteiger partial charge in [0.1, 0.15) is 22.1 Å². The molecule has 2 aromatic carbocycles. The van der Waals surface area contributed by atoms with Gasteiger partial charge in [0.25, 0.3) is 5.56 Å². The fourth-order valence-corrected chi connectivity index (χ4v) is 6.02. The minimum Gasteiger partial charge on any atom is -0.497 e. The summed E-state index contributed by atoms with van der Waals surface area (Å²) in [6.45, 7) is 2.49. The van der Waals surface area contributed by atoms with E-state index in [-0.39, 0.29) is 11.4 Å². The Bertz CT molecular complexity index is 1560. The van der Waals surface area contributed by atoms with Gasteiger partial charge >= 0.3 is 0 Å². The number of nitrogens with zero attached hydrogens (tertiary/aromatic N) is 2. The van der Waals surface area contributed by atoms with E-state index in [0.29, 0.717) is 28.5 Å². The molecule has 1 fully saturated rings. The van der Waals surface area contributed by atoms with Crippen LogP contribution in [0.5, 0.6) is 5.75 Å². The number of rotatable bonds is 5. The molecule has 6 rings (SSSR count). The largest absolute Gasteiger partial charge is 0.497 e. The van der Waals surface area contributed by atoms with Crippen molar-refractivity contribution in [2.75, 3.05) is 20.2 Å². The third kappa shape index (κ3) is 4.24. The molecule has 1 aliphatic heterocycles. The Hall–Kier alpha value is -3.49. The maximum atomic E-state index is 13.3. The molecule has 0 spiro atoms. The number of hydrogen-bond acceptors (Lipinski definition) is 5. The number of thiophene rings is 1. The zero-order valence-electron chi connectivity index (χ0n) is 19.3. The highest BCUT2D eigenvalue weighted by molar-refractivity contribution is 7.22. The second kappa shape index (κ2) is 8.94. The lowest BCUT2D eigenvalue weighted by molar-refractivity contribution is 0.200. The standard InChI is InChI=1S/C27H25FN4O2S/c1-34-19-6-7-22-20(12-19)21(14-29-22)16-8-10-32(11-9-16)15-25-30-23-13-24(35-26(23)27(33)31-25)17-2-4-18(28)5-3-17/h2-7,12-14,16,29H,8-11,15H2,1H3,(H,30,31,33). The van der Waals surface area contributed by atoms with Crippen LogP contribution in [0.2, 0.25) is 0 Å². The molecule has 2 N–H and O–H groups in total. The van der Waals surface area contributed by atoms with Gasteiger partial charge in [0.05, 0.1) is 19.2 Å². The van der Waals surface area contributed by atoms with E-state index in [4.69, 9.17) is 9.72 Å². The molecule has 3 aromatic heterocycles. The second-order valence-electron chi connectivity index (χ2n) is 9.05. The quantitative estimate of drug-likeness (QED) is 0.335. The number of fused-ring (bicyclic) bond motifs is 2. The number of benzene rings is 2. The van der Waals surface area contributed by atoms with Crippen LogP contribution in [0, 0.1) is 5.82 Å². The lowest BCUT2D eigenvalue weighted by Gasteiger charge is -2.31. The highest BCUT2D eigenvalue weighted by Gasteiger charge is 2.24. The van der Waals surface area contributed by atoms with Crippen molar-refractivity contribution < 1.29 is 9.13 Å². The van der Waals surface area contributed by atoms with Gasteiger partial charge in [0.2, 0.25) is 0 Å². The molecule has 0 bridgehead atoms. The molecule has 0 atom stereocenters. The third-order valence-electron chi connectivity index (χ3n) is 6.88. The van der Waals surface area contributed by atoms with Gasteiger partial charge in [-0.3, -0.25) is 9.69 Å². The van der Waals surface area contributed by atoms with Gasteiger partial charge in [-0.25, -0.2) is 9.37 Å². The van der Waals surface area contributed by atoms with Crippen LogP contribution in [-0.4, -0.2) is 40.1 Å². The molecule has 0 radical (unpaired) electrons. The van der Waals surface area contributed by atoms with Gasteiger partial charge < -0.3 is 14.7 Å². The summed E-state index contributed by atoms with van der Waals surface area (Å²) in [7, 11) is 1.70. The lowest BCUT2D eigenvalue weighted by atomic mass is 9.89. The summed E-state index contributed by atoms with van der Waals surface area (Å²) in [6, 6.07) is 14.4. The van der Waals surface area contributed by atoms with E-state index >= 15 is 0 Å². The smallest absolute Gasteiger partial charge is 0.268 e. The Morgan fingerprint density at radius 2 is 1.94 bits per heavy atom. The number of nitrogens with one attached hydrogen (secondary N) is 2. The van der Waals surface area contributed by atoms with E-state index in [0.717, 1.165) is 47.6 Å². The topological polar surface area (TPSA) is 74.0 Å². The Morgan fingerprint density at radius 3 is 2.71 bits per heavy atom. The number of likely N-dealkylation sites (tertiary alicyclic amines) is 1. The number of aromatic nitrogens is 3. The van der Waals surface area contributed by atoms with Crippen LogP contribution in [0.4, 0.5) is 4.39 Å². The van der Waals surface area contributed by atoms with Crippen LogP contribution in [0.3, 0.4) is 0 Å². The first-order valence-corrected chi connectivity index (χ1v) is 12.5. The number of hydrogen-bond donors (Lipinski definition) is 2. The molecule has 0 saturated carbocycles. The van der Waals surface area contributed by atoms with Gasteiger partial charge in [-0.2, -0.15) is 0 Å². The number of aromatic amines is 2. The number of H-pyrrole nitrogens is 2. The van der Waals surface area contributed by atoms with Gasteiger partial charge in [0.15, 0.2) is 0 Å². The lowest BCUT2D eigenvalue weighted by Crippen LogP contribution is -2.33. The number of halogens is 1. The summed E-state index contributed by atoms with van der Waals surface area (Å²) in [4.78, 5) is 27.1. The Morgan fingerprint density at radius 1 is 1.14 bits per heavy atom. The summed E-state index contributed by atoms with van der Waals surface area (Å²) in [5.41, 5.74) is 3.93. The summed E-state index contributed by atoms with van der Waals surface area (Å²) >= 11 is 1.39. The molecule has 4 heterocycles. The van der Waals surface area contributed by atoms with Crippen molar-refractivity contribution in [2.45, 2.75) is 25.3 Å². The zero-order chi connectivity index (χ0) is 23.9. The highest BCUT2D eigenvalue weighted by Crippen LogP contribution is 2.35. The Balaban J connectivity index is 1.17. The first-order valence-electron chi connectivity index (χ1n) is 11.7. The Kier molecular flexibility index (Phi) is 5.62. The molecule has 8 heteroatoms. The summed E-state index contributed by atoms with van der Waals surface area (Å²) in [6.07, 6.45) is 4.22. The van der Waals surface area contributed by atoms with Gasteiger partial charge in [-0.15, -0.1) is 11.3 Å². The molecule has 0 amide bonds. The van der Waals surface area contributed by atoms with E-state index in [1.54, 1.807) is 19.2 Å². The fourth-order valence-electron chi connectivity index (χ4n) is 5.02. The van der Waals surface area contributed by atoms with Crippen molar-refractivity contribution in [1.29, 1.82) is 0 Å². The predicted molar refractivity (Wildman–Crippen MR) is 138 cm³/mol. The number of ether oxygens (including phenoxy) is 1. The molecule has 6 nitrogen and oxygen atoms in total. The Labute approximate surface area is 205 Å². The molecular formula is C27H25FN4O2S. The second-order valence-corrected chi connectivity index (χ2v) is 10.1. The average Bonchev–Trinajstić information content (AvgIpc) is 3.49. The number of methoxy groups -OCH3 is 1. The summed E-state index contributed by atoms with van der Waals surface area (Å²) in [5, 5.41) is 1.23. The van der Waals surface area contributed by atoms with Crippen molar-refractivity contribution in [2.24, 2.45) is 0 Å². The van der Waals surface area contributed by atoms with Crippen LogP contribution in [0.15, 0.2) is 59.5 Å².